The maximum Gasteiger partial charge on any atom is 0.334 e. The maximum absolute atomic E-state index is 11.8. The fourth-order valence-electron chi connectivity index (χ4n) is 1.55. The lowest BCUT2D eigenvalue weighted by atomic mass is 10.1. The van der Waals surface area contributed by atoms with Crippen LogP contribution < -0.4 is 4.74 Å². The molecule has 4 nitrogen and oxygen atoms in total. The largest absolute Gasteiger partial charge is 0.497 e. The molecule has 0 unspecified atom stereocenters. The highest BCUT2D eigenvalue weighted by atomic mass is 16.5. The molecule has 19 heavy (non-hydrogen) atoms. The van der Waals surface area contributed by atoms with Gasteiger partial charge in [0, 0.05) is 12.0 Å². The first-order chi connectivity index (χ1) is 9.21. The van der Waals surface area contributed by atoms with Gasteiger partial charge in [-0.2, -0.15) is 5.26 Å². The van der Waals surface area contributed by atoms with Crippen molar-refractivity contribution in [3.05, 3.63) is 35.4 Å². The zero-order chi connectivity index (χ0) is 14.1. The van der Waals surface area contributed by atoms with Crippen LogP contribution in [0, 0.1) is 11.3 Å². The van der Waals surface area contributed by atoms with Gasteiger partial charge in [-0.05, 0) is 37.1 Å². The molecule has 1 aromatic rings. The number of hydrogen-bond donors (Lipinski definition) is 0. The molecule has 100 valence electrons. The van der Waals surface area contributed by atoms with E-state index in [1.165, 1.54) is 0 Å². The van der Waals surface area contributed by atoms with Crippen molar-refractivity contribution < 1.29 is 14.3 Å². The minimum absolute atomic E-state index is 0.292. The molecule has 0 aromatic heterocycles. The van der Waals surface area contributed by atoms with Gasteiger partial charge in [-0.3, -0.25) is 0 Å². The van der Waals surface area contributed by atoms with Gasteiger partial charge in [0.25, 0.3) is 0 Å². The number of esters is 1. The van der Waals surface area contributed by atoms with Crippen LogP contribution in [0.3, 0.4) is 0 Å². The highest BCUT2D eigenvalue weighted by molar-refractivity contribution is 5.93. The monoisotopic (exact) mass is 259 g/mol. The molecule has 0 atom stereocenters. The number of rotatable bonds is 6. The van der Waals surface area contributed by atoms with Gasteiger partial charge in [0.15, 0.2) is 0 Å². The lowest BCUT2D eigenvalue weighted by Gasteiger charge is -2.06. The van der Waals surface area contributed by atoms with E-state index < -0.39 is 0 Å². The van der Waals surface area contributed by atoms with Crippen LogP contribution in [0.15, 0.2) is 29.8 Å². The van der Waals surface area contributed by atoms with Gasteiger partial charge in [-0.25, -0.2) is 4.79 Å². The average molecular weight is 259 g/mol. The molecule has 0 amide bonds. The number of nitrogens with zero attached hydrogens (tertiary/aromatic N) is 1. The van der Waals surface area contributed by atoms with Gasteiger partial charge >= 0.3 is 5.97 Å². The Balaban J connectivity index is 2.90. The molecule has 0 saturated carbocycles. The third kappa shape index (κ3) is 4.84. The molecule has 0 aliphatic carbocycles. The predicted molar refractivity (Wildman–Crippen MR) is 72.5 cm³/mol. The summed E-state index contributed by atoms with van der Waals surface area (Å²) in [5.41, 5.74) is 1.38. The topological polar surface area (TPSA) is 59.3 Å². The molecule has 0 radical (unpaired) electrons. The Hall–Kier alpha value is -2.28. The van der Waals surface area contributed by atoms with Crippen molar-refractivity contribution in [1.82, 2.24) is 0 Å². The fraction of sp³-hybridized carbons (Fsp3) is 0.333. The third-order valence-corrected chi connectivity index (χ3v) is 2.50. The number of methoxy groups -OCH3 is 1. The maximum atomic E-state index is 11.8. The predicted octanol–water partition coefficient (Wildman–Crippen LogP) is 2.95. The zero-order valence-corrected chi connectivity index (χ0v) is 11.2. The Bertz CT molecular complexity index is 483. The molecular weight excluding hydrogens is 242 g/mol. The molecule has 1 rings (SSSR count). The van der Waals surface area contributed by atoms with E-state index in [-0.39, 0.29) is 5.97 Å². The molecule has 0 spiro atoms. The quantitative estimate of drug-likeness (QED) is 0.582. The van der Waals surface area contributed by atoms with E-state index in [0.29, 0.717) is 25.0 Å². The van der Waals surface area contributed by atoms with Crippen LogP contribution >= 0.6 is 0 Å². The zero-order valence-electron chi connectivity index (χ0n) is 11.2. The molecular formula is C15H17NO3. The van der Waals surface area contributed by atoms with Gasteiger partial charge in [-0.1, -0.05) is 12.1 Å². The molecule has 0 bridgehead atoms. The van der Waals surface area contributed by atoms with E-state index in [1.807, 2.05) is 30.3 Å². The smallest absolute Gasteiger partial charge is 0.334 e. The van der Waals surface area contributed by atoms with Crippen LogP contribution in [0.1, 0.15) is 25.3 Å². The van der Waals surface area contributed by atoms with E-state index in [4.69, 9.17) is 14.7 Å². The van der Waals surface area contributed by atoms with Crippen LogP contribution in [-0.4, -0.2) is 19.7 Å². The van der Waals surface area contributed by atoms with Crippen LogP contribution in [0.25, 0.3) is 6.08 Å². The lowest BCUT2D eigenvalue weighted by Crippen LogP contribution is -2.07. The van der Waals surface area contributed by atoms with Crippen molar-refractivity contribution in [3.63, 3.8) is 0 Å². The molecule has 4 heteroatoms. The van der Waals surface area contributed by atoms with Crippen LogP contribution in [0.4, 0.5) is 0 Å². The number of nitriles is 1. The van der Waals surface area contributed by atoms with Crippen molar-refractivity contribution in [3.8, 4) is 11.8 Å². The second-order valence-electron chi connectivity index (χ2n) is 3.82. The summed E-state index contributed by atoms with van der Waals surface area (Å²) >= 11 is 0. The van der Waals surface area contributed by atoms with Gasteiger partial charge in [0.05, 0.1) is 19.8 Å². The van der Waals surface area contributed by atoms with Gasteiger partial charge in [0.2, 0.25) is 0 Å². The molecule has 1 aromatic carbocycles. The Morgan fingerprint density at radius 3 is 2.58 bits per heavy atom. The molecule has 0 fully saturated rings. The summed E-state index contributed by atoms with van der Waals surface area (Å²) in [6.07, 6.45) is 2.43. The Morgan fingerprint density at radius 2 is 2.05 bits per heavy atom. The first-order valence-electron chi connectivity index (χ1n) is 6.10. The van der Waals surface area contributed by atoms with Crippen molar-refractivity contribution in [2.24, 2.45) is 0 Å². The molecule has 0 saturated heterocycles. The fourth-order valence-corrected chi connectivity index (χ4v) is 1.55. The minimum Gasteiger partial charge on any atom is -0.497 e. The summed E-state index contributed by atoms with van der Waals surface area (Å²) in [6.45, 7) is 2.08. The SMILES string of the molecule is CCOC(=O)/C(=C/c1ccc(OC)cc1)CCC#N. The molecule has 0 N–H and O–H groups in total. The van der Waals surface area contributed by atoms with E-state index in [9.17, 15) is 4.79 Å². The lowest BCUT2D eigenvalue weighted by molar-refractivity contribution is -0.138. The molecule has 0 aliphatic rings. The molecule has 0 aliphatic heterocycles. The number of carbonyl (C=O) groups excluding carboxylic acids is 1. The van der Waals surface area contributed by atoms with Gasteiger partial charge in [0.1, 0.15) is 5.75 Å². The van der Waals surface area contributed by atoms with Crippen molar-refractivity contribution >= 4 is 12.0 Å². The van der Waals surface area contributed by atoms with Gasteiger partial charge in [-0.15, -0.1) is 0 Å². The number of carbonyl (C=O) groups is 1. The first-order valence-corrected chi connectivity index (χ1v) is 6.10. The van der Waals surface area contributed by atoms with Gasteiger partial charge < -0.3 is 9.47 Å². The number of benzene rings is 1. The highest BCUT2D eigenvalue weighted by Gasteiger charge is 2.10. The normalized spacial score (nSPS) is 10.7. The Labute approximate surface area is 113 Å². The van der Waals surface area contributed by atoms with Crippen LogP contribution in [0.5, 0.6) is 5.75 Å². The van der Waals surface area contributed by atoms with Crippen LogP contribution in [0.2, 0.25) is 0 Å². The first kappa shape index (κ1) is 14.8. The van der Waals surface area contributed by atoms with Crippen LogP contribution in [-0.2, 0) is 9.53 Å². The van der Waals surface area contributed by atoms with Crippen molar-refractivity contribution in [1.29, 1.82) is 5.26 Å². The summed E-state index contributed by atoms with van der Waals surface area (Å²) in [4.78, 5) is 11.8. The number of hydrogen-bond acceptors (Lipinski definition) is 4. The Morgan fingerprint density at radius 1 is 1.37 bits per heavy atom. The standard InChI is InChI=1S/C15H17NO3/c1-3-19-15(17)13(5-4-10-16)11-12-6-8-14(18-2)9-7-12/h6-9,11H,3-5H2,1-2H3/b13-11+. The van der Waals surface area contributed by atoms with Crippen molar-refractivity contribution in [2.75, 3.05) is 13.7 Å². The summed E-state index contributed by atoms with van der Waals surface area (Å²) in [7, 11) is 1.60. The second kappa shape index (κ2) is 7.93. The van der Waals surface area contributed by atoms with Crippen molar-refractivity contribution in [2.45, 2.75) is 19.8 Å². The summed E-state index contributed by atoms with van der Waals surface area (Å²) < 4.78 is 10.0. The van der Waals surface area contributed by atoms with E-state index >= 15 is 0 Å². The average Bonchev–Trinajstić information content (AvgIpc) is 2.44. The van der Waals surface area contributed by atoms with E-state index in [2.05, 4.69) is 0 Å². The summed E-state index contributed by atoms with van der Waals surface area (Å²) in [5.74, 6) is 0.389. The highest BCUT2D eigenvalue weighted by Crippen LogP contribution is 2.17. The third-order valence-electron chi connectivity index (χ3n) is 2.50. The minimum atomic E-state index is -0.367. The second-order valence-corrected chi connectivity index (χ2v) is 3.82. The van der Waals surface area contributed by atoms with E-state index in [1.54, 1.807) is 20.1 Å². The molecule has 0 heterocycles. The summed E-state index contributed by atoms with van der Waals surface area (Å²) in [5, 5.41) is 8.62. The number of ether oxygens (including phenoxy) is 2. The van der Waals surface area contributed by atoms with E-state index in [0.717, 1.165) is 11.3 Å². The summed E-state index contributed by atoms with van der Waals surface area (Å²) in [6, 6.07) is 9.37. The Kier molecular flexibility index (Phi) is 6.17.